The molecule has 0 aliphatic heterocycles. The molecule has 0 heterocycles. The minimum atomic E-state index is -3.64. The molecule has 3 N–H and O–H groups in total. The second kappa shape index (κ2) is 7.81. The molecule has 0 spiro atoms. The van der Waals surface area contributed by atoms with E-state index in [2.05, 4.69) is 16.6 Å². The van der Waals surface area contributed by atoms with Gasteiger partial charge in [-0.3, -0.25) is 0 Å². The Labute approximate surface area is 132 Å². The number of hydrogen-bond acceptors (Lipinski definition) is 3. The molecule has 6 heteroatoms. The van der Waals surface area contributed by atoms with Crippen molar-refractivity contribution in [2.24, 2.45) is 11.7 Å². The molecule has 1 atom stereocenters. The molecular formula is C15H21ClN2O2S. The van der Waals surface area contributed by atoms with E-state index < -0.39 is 10.0 Å². The van der Waals surface area contributed by atoms with Crippen LogP contribution in [0.15, 0.2) is 23.1 Å². The zero-order chi connectivity index (χ0) is 16.0. The van der Waals surface area contributed by atoms with Gasteiger partial charge in [-0.2, -0.15) is 0 Å². The minimum Gasteiger partial charge on any atom is -0.320 e. The van der Waals surface area contributed by atoms with Gasteiger partial charge in [0.05, 0.1) is 11.6 Å². The van der Waals surface area contributed by atoms with Crippen LogP contribution in [-0.4, -0.2) is 21.0 Å². The topological polar surface area (TPSA) is 72.2 Å². The average molecular weight is 329 g/mol. The number of benzene rings is 1. The summed E-state index contributed by atoms with van der Waals surface area (Å²) in [6, 6.07) is 4.51. The highest BCUT2D eigenvalue weighted by Crippen LogP contribution is 2.23. The van der Waals surface area contributed by atoms with Crippen LogP contribution in [-0.2, 0) is 10.0 Å². The van der Waals surface area contributed by atoms with Gasteiger partial charge in [-0.25, -0.2) is 13.1 Å². The van der Waals surface area contributed by atoms with Gasteiger partial charge in [0.25, 0.3) is 0 Å². The maximum absolute atomic E-state index is 12.4. The van der Waals surface area contributed by atoms with Crippen LogP contribution in [0.25, 0.3) is 0 Å². The van der Waals surface area contributed by atoms with Gasteiger partial charge in [0.2, 0.25) is 10.0 Å². The van der Waals surface area contributed by atoms with E-state index in [1.807, 2.05) is 20.8 Å². The van der Waals surface area contributed by atoms with Crippen molar-refractivity contribution in [3.8, 4) is 11.8 Å². The van der Waals surface area contributed by atoms with Crippen LogP contribution >= 0.6 is 11.6 Å². The van der Waals surface area contributed by atoms with Gasteiger partial charge < -0.3 is 5.73 Å². The van der Waals surface area contributed by atoms with E-state index in [1.165, 1.54) is 12.1 Å². The molecule has 1 aromatic carbocycles. The molecule has 1 unspecified atom stereocenters. The molecule has 0 saturated heterocycles. The van der Waals surface area contributed by atoms with Crippen LogP contribution in [0, 0.1) is 17.8 Å². The van der Waals surface area contributed by atoms with Crippen molar-refractivity contribution in [1.82, 2.24) is 4.72 Å². The summed E-state index contributed by atoms with van der Waals surface area (Å²) in [5.74, 6) is 5.73. The first kappa shape index (κ1) is 18.0. The lowest BCUT2D eigenvalue weighted by Gasteiger charge is -2.21. The molecule has 0 aliphatic rings. The third-order valence-electron chi connectivity index (χ3n) is 3.11. The Bertz CT molecular complexity index is 645. The number of nitrogens with two attached hydrogens (primary N) is 1. The van der Waals surface area contributed by atoms with Gasteiger partial charge >= 0.3 is 0 Å². The lowest BCUT2D eigenvalue weighted by atomic mass is 10.0. The summed E-state index contributed by atoms with van der Waals surface area (Å²) in [5, 5.41) is 0.157. The summed E-state index contributed by atoms with van der Waals surface area (Å²) < 4.78 is 27.5. The molecule has 0 radical (unpaired) electrons. The molecule has 0 fully saturated rings. The Morgan fingerprint density at radius 3 is 2.52 bits per heavy atom. The number of rotatable bonds is 5. The molecule has 116 valence electrons. The lowest BCUT2D eigenvalue weighted by Crippen LogP contribution is -2.38. The van der Waals surface area contributed by atoms with Crippen molar-refractivity contribution in [2.45, 2.75) is 38.1 Å². The Morgan fingerprint density at radius 2 is 2.05 bits per heavy atom. The fourth-order valence-electron chi connectivity index (χ4n) is 1.90. The molecule has 0 bridgehead atoms. The molecule has 4 nitrogen and oxygen atoms in total. The van der Waals surface area contributed by atoms with Gasteiger partial charge in [0, 0.05) is 11.6 Å². The van der Waals surface area contributed by atoms with E-state index in [9.17, 15) is 8.42 Å². The van der Waals surface area contributed by atoms with E-state index in [-0.39, 0.29) is 28.4 Å². The molecule has 0 aliphatic carbocycles. The molecule has 0 aromatic heterocycles. The highest BCUT2D eigenvalue weighted by atomic mass is 35.5. The largest absolute Gasteiger partial charge is 0.320 e. The van der Waals surface area contributed by atoms with E-state index in [1.54, 1.807) is 6.07 Å². The number of hydrogen-bond donors (Lipinski definition) is 2. The standard InChI is InChI=1S/C15H21ClN2O2S/c1-4-14(11(2)3)18-21(19,20)15-8-7-12(6-5-9-17)10-13(15)16/h7-8,10-11,14,18H,4,9,17H2,1-3H3. The van der Waals surface area contributed by atoms with E-state index in [0.29, 0.717) is 12.0 Å². The second-order valence-electron chi connectivity index (χ2n) is 5.03. The fourth-order valence-corrected chi connectivity index (χ4v) is 3.92. The van der Waals surface area contributed by atoms with Crippen LogP contribution < -0.4 is 10.5 Å². The van der Waals surface area contributed by atoms with Gasteiger partial charge in [0.15, 0.2) is 0 Å². The average Bonchev–Trinajstić information content (AvgIpc) is 2.42. The molecule has 21 heavy (non-hydrogen) atoms. The normalized spacial score (nSPS) is 12.9. The predicted molar refractivity (Wildman–Crippen MR) is 86.6 cm³/mol. The van der Waals surface area contributed by atoms with Crippen LogP contribution in [0.1, 0.15) is 32.8 Å². The predicted octanol–water partition coefficient (Wildman–Crippen LogP) is 2.36. The summed E-state index contributed by atoms with van der Waals surface area (Å²) in [6.07, 6.45) is 0.717. The zero-order valence-electron chi connectivity index (χ0n) is 12.5. The maximum atomic E-state index is 12.4. The zero-order valence-corrected chi connectivity index (χ0v) is 14.1. The summed E-state index contributed by atoms with van der Waals surface area (Å²) in [5.41, 5.74) is 5.94. The Kier molecular flexibility index (Phi) is 6.69. The van der Waals surface area contributed by atoms with Gasteiger partial charge in [-0.15, -0.1) is 0 Å². The van der Waals surface area contributed by atoms with Crippen molar-refractivity contribution in [3.05, 3.63) is 28.8 Å². The Morgan fingerprint density at radius 1 is 1.38 bits per heavy atom. The lowest BCUT2D eigenvalue weighted by molar-refractivity contribution is 0.437. The molecule has 1 aromatic rings. The van der Waals surface area contributed by atoms with E-state index >= 15 is 0 Å². The second-order valence-corrected chi connectivity index (χ2v) is 7.12. The molecule has 0 amide bonds. The Hall–Kier alpha value is -1.06. The van der Waals surface area contributed by atoms with E-state index in [0.717, 1.165) is 0 Å². The molecule has 0 saturated carbocycles. The first-order valence-corrected chi connectivity index (χ1v) is 8.68. The summed E-state index contributed by atoms with van der Waals surface area (Å²) >= 11 is 6.08. The van der Waals surface area contributed by atoms with Gasteiger partial charge in [0.1, 0.15) is 4.90 Å². The number of sulfonamides is 1. The monoisotopic (exact) mass is 328 g/mol. The smallest absolute Gasteiger partial charge is 0.242 e. The van der Waals surface area contributed by atoms with Crippen LogP contribution in [0.3, 0.4) is 0 Å². The number of halogens is 1. The van der Waals surface area contributed by atoms with Crippen molar-refractivity contribution in [1.29, 1.82) is 0 Å². The van der Waals surface area contributed by atoms with Crippen LogP contribution in [0.4, 0.5) is 0 Å². The highest BCUT2D eigenvalue weighted by molar-refractivity contribution is 7.89. The van der Waals surface area contributed by atoms with Crippen molar-refractivity contribution >= 4 is 21.6 Å². The van der Waals surface area contributed by atoms with Crippen molar-refractivity contribution in [2.75, 3.05) is 6.54 Å². The minimum absolute atomic E-state index is 0.0709. The summed E-state index contributed by atoms with van der Waals surface area (Å²) in [4.78, 5) is 0.0709. The Balaban J connectivity index is 3.09. The maximum Gasteiger partial charge on any atom is 0.242 e. The SMILES string of the molecule is CCC(NS(=O)(=O)c1ccc(C#CCN)cc1Cl)C(C)C. The third-order valence-corrected chi connectivity index (χ3v) is 5.08. The van der Waals surface area contributed by atoms with Crippen molar-refractivity contribution < 1.29 is 8.42 Å². The van der Waals surface area contributed by atoms with Gasteiger partial charge in [-0.1, -0.05) is 44.2 Å². The number of nitrogens with one attached hydrogen (secondary N) is 1. The summed E-state index contributed by atoms with van der Waals surface area (Å²) in [7, 11) is -3.64. The third kappa shape index (κ3) is 5.01. The van der Waals surface area contributed by atoms with Crippen LogP contribution in [0.5, 0.6) is 0 Å². The first-order chi connectivity index (χ1) is 9.81. The highest BCUT2D eigenvalue weighted by Gasteiger charge is 2.23. The van der Waals surface area contributed by atoms with Gasteiger partial charge in [-0.05, 0) is 30.5 Å². The summed E-state index contributed by atoms with van der Waals surface area (Å²) in [6.45, 7) is 6.14. The molecule has 1 rings (SSSR count). The fraction of sp³-hybridized carbons (Fsp3) is 0.467. The quantitative estimate of drug-likeness (QED) is 0.815. The van der Waals surface area contributed by atoms with Crippen molar-refractivity contribution in [3.63, 3.8) is 0 Å². The van der Waals surface area contributed by atoms with E-state index in [4.69, 9.17) is 17.3 Å². The molecular weight excluding hydrogens is 308 g/mol. The van der Waals surface area contributed by atoms with Crippen LogP contribution in [0.2, 0.25) is 5.02 Å². The first-order valence-electron chi connectivity index (χ1n) is 6.82.